The van der Waals surface area contributed by atoms with Crippen LogP contribution in [-0.2, 0) is 0 Å². The van der Waals surface area contributed by atoms with Crippen molar-refractivity contribution in [3.8, 4) is 11.3 Å². The lowest BCUT2D eigenvalue weighted by Crippen LogP contribution is -1.88. The number of para-hydroxylation sites is 1. The van der Waals surface area contributed by atoms with Crippen molar-refractivity contribution >= 4 is 17.0 Å². The van der Waals surface area contributed by atoms with Crippen LogP contribution in [0.25, 0.3) is 11.3 Å². The average molecular weight is 176 g/mol. The summed E-state index contributed by atoms with van der Waals surface area (Å²) in [5.74, 6) is 0. The minimum Gasteiger partial charge on any atom is -0.398 e. The van der Waals surface area contributed by atoms with E-state index in [4.69, 9.17) is 5.73 Å². The van der Waals surface area contributed by atoms with Gasteiger partial charge in [-0.2, -0.15) is 0 Å². The predicted molar refractivity (Wildman–Crippen MR) is 52.0 cm³/mol. The van der Waals surface area contributed by atoms with Crippen LogP contribution in [0, 0.1) is 0 Å². The van der Waals surface area contributed by atoms with Gasteiger partial charge in [-0.3, -0.25) is 0 Å². The Morgan fingerprint density at radius 3 is 2.75 bits per heavy atom. The molecule has 2 nitrogen and oxygen atoms in total. The normalized spacial score (nSPS) is 10.0. The molecular weight excluding hydrogens is 168 g/mol. The molecule has 0 aliphatic carbocycles. The summed E-state index contributed by atoms with van der Waals surface area (Å²) in [6, 6.07) is 7.75. The zero-order chi connectivity index (χ0) is 8.39. The van der Waals surface area contributed by atoms with Crippen molar-refractivity contribution in [2.24, 2.45) is 0 Å². The van der Waals surface area contributed by atoms with Crippen LogP contribution >= 0.6 is 11.3 Å². The lowest BCUT2D eigenvalue weighted by atomic mass is 10.1. The molecule has 0 atom stereocenters. The van der Waals surface area contributed by atoms with E-state index in [0.29, 0.717) is 0 Å². The van der Waals surface area contributed by atoms with Gasteiger partial charge in [0.05, 0.1) is 11.2 Å². The third-order valence-electron chi connectivity index (χ3n) is 1.67. The molecule has 0 aliphatic heterocycles. The van der Waals surface area contributed by atoms with Gasteiger partial charge in [-0.05, 0) is 6.07 Å². The van der Waals surface area contributed by atoms with Crippen LogP contribution in [-0.4, -0.2) is 4.98 Å². The SMILES string of the molecule is Nc1ccccc1-c1cscn1. The summed E-state index contributed by atoms with van der Waals surface area (Å²) in [4.78, 5) is 4.19. The van der Waals surface area contributed by atoms with Crippen LogP contribution in [0.1, 0.15) is 0 Å². The molecule has 0 radical (unpaired) electrons. The Labute approximate surface area is 74.7 Å². The molecule has 1 aromatic carbocycles. The number of rotatable bonds is 1. The Kier molecular flexibility index (Phi) is 1.80. The molecule has 0 unspecified atom stereocenters. The van der Waals surface area contributed by atoms with Gasteiger partial charge in [0.15, 0.2) is 0 Å². The monoisotopic (exact) mass is 176 g/mol. The Balaban J connectivity index is 2.55. The Bertz CT molecular complexity index is 368. The highest BCUT2D eigenvalue weighted by atomic mass is 32.1. The van der Waals surface area contributed by atoms with E-state index in [1.165, 1.54) is 0 Å². The maximum Gasteiger partial charge on any atom is 0.0831 e. The summed E-state index contributed by atoms with van der Waals surface area (Å²) < 4.78 is 0. The zero-order valence-electron chi connectivity index (χ0n) is 6.40. The van der Waals surface area contributed by atoms with E-state index < -0.39 is 0 Å². The standard InChI is InChI=1S/C9H8N2S/c10-8-4-2-1-3-7(8)9-5-12-6-11-9/h1-6H,10H2. The highest BCUT2D eigenvalue weighted by Gasteiger charge is 2.01. The zero-order valence-corrected chi connectivity index (χ0v) is 7.21. The first-order valence-electron chi connectivity index (χ1n) is 3.61. The molecule has 0 amide bonds. The van der Waals surface area contributed by atoms with E-state index in [0.717, 1.165) is 16.9 Å². The Morgan fingerprint density at radius 1 is 1.25 bits per heavy atom. The number of aromatic nitrogens is 1. The van der Waals surface area contributed by atoms with E-state index >= 15 is 0 Å². The minimum absolute atomic E-state index is 0.781. The molecule has 2 rings (SSSR count). The lowest BCUT2D eigenvalue weighted by Gasteiger charge is -1.99. The third kappa shape index (κ3) is 1.19. The second kappa shape index (κ2) is 2.95. The topological polar surface area (TPSA) is 38.9 Å². The fraction of sp³-hybridized carbons (Fsp3) is 0. The Hall–Kier alpha value is -1.35. The van der Waals surface area contributed by atoms with E-state index in [-0.39, 0.29) is 0 Å². The van der Waals surface area contributed by atoms with Gasteiger partial charge in [-0.1, -0.05) is 18.2 Å². The Morgan fingerprint density at radius 2 is 2.08 bits per heavy atom. The number of nitrogens with zero attached hydrogens (tertiary/aromatic N) is 1. The molecule has 2 aromatic rings. The van der Waals surface area contributed by atoms with Crippen LogP contribution in [0.4, 0.5) is 5.69 Å². The molecule has 0 saturated carbocycles. The molecule has 1 heterocycles. The van der Waals surface area contributed by atoms with Crippen LogP contribution in [0.2, 0.25) is 0 Å². The number of nitrogen functional groups attached to an aromatic ring is 1. The van der Waals surface area contributed by atoms with Crippen LogP contribution < -0.4 is 5.73 Å². The second-order valence-electron chi connectivity index (χ2n) is 2.46. The van der Waals surface area contributed by atoms with Crippen molar-refractivity contribution in [2.75, 3.05) is 5.73 Å². The number of thiazole rings is 1. The molecule has 60 valence electrons. The fourth-order valence-corrected chi connectivity index (χ4v) is 1.63. The van der Waals surface area contributed by atoms with Crippen molar-refractivity contribution in [2.45, 2.75) is 0 Å². The number of nitrogens with two attached hydrogens (primary N) is 1. The van der Waals surface area contributed by atoms with Crippen molar-refractivity contribution < 1.29 is 0 Å². The fourth-order valence-electron chi connectivity index (χ4n) is 1.08. The van der Waals surface area contributed by atoms with E-state index in [9.17, 15) is 0 Å². The van der Waals surface area contributed by atoms with Gasteiger partial charge in [-0.15, -0.1) is 11.3 Å². The highest BCUT2D eigenvalue weighted by Crippen LogP contribution is 2.24. The first-order chi connectivity index (χ1) is 5.88. The molecule has 3 heteroatoms. The summed E-state index contributed by atoms with van der Waals surface area (Å²) in [6.45, 7) is 0. The molecule has 0 spiro atoms. The number of anilines is 1. The molecular formula is C9H8N2S. The van der Waals surface area contributed by atoms with Gasteiger partial charge in [0, 0.05) is 16.6 Å². The summed E-state index contributed by atoms with van der Waals surface area (Å²) in [7, 11) is 0. The number of hydrogen-bond donors (Lipinski definition) is 1. The van der Waals surface area contributed by atoms with Crippen molar-refractivity contribution in [1.82, 2.24) is 4.98 Å². The van der Waals surface area contributed by atoms with Crippen LogP contribution in [0.5, 0.6) is 0 Å². The van der Waals surface area contributed by atoms with Crippen LogP contribution in [0.3, 0.4) is 0 Å². The molecule has 2 N–H and O–H groups in total. The maximum absolute atomic E-state index is 5.78. The molecule has 0 bridgehead atoms. The molecule has 12 heavy (non-hydrogen) atoms. The summed E-state index contributed by atoms with van der Waals surface area (Å²) in [5, 5.41) is 1.99. The van der Waals surface area contributed by atoms with Crippen molar-refractivity contribution in [3.05, 3.63) is 35.2 Å². The van der Waals surface area contributed by atoms with E-state index in [2.05, 4.69) is 4.98 Å². The largest absolute Gasteiger partial charge is 0.398 e. The van der Waals surface area contributed by atoms with Gasteiger partial charge in [0.1, 0.15) is 0 Å². The minimum atomic E-state index is 0.781. The molecule has 0 aliphatic rings. The molecule has 0 saturated heterocycles. The van der Waals surface area contributed by atoms with Crippen LogP contribution in [0.15, 0.2) is 35.2 Å². The quantitative estimate of drug-likeness (QED) is 0.677. The number of hydrogen-bond acceptors (Lipinski definition) is 3. The van der Waals surface area contributed by atoms with Gasteiger partial charge >= 0.3 is 0 Å². The second-order valence-corrected chi connectivity index (χ2v) is 3.18. The van der Waals surface area contributed by atoms with Crippen molar-refractivity contribution in [3.63, 3.8) is 0 Å². The molecule has 0 fully saturated rings. The summed E-state index contributed by atoms with van der Waals surface area (Å²) in [6.07, 6.45) is 0. The number of benzene rings is 1. The first kappa shape index (κ1) is 7.31. The van der Waals surface area contributed by atoms with E-state index in [1.807, 2.05) is 35.2 Å². The predicted octanol–water partition coefficient (Wildman–Crippen LogP) is 2.39. The average Bonchev–Trinajstić information content (AvgIpc) is 2.57. The van der Waals surface area contributed by atoms with Gasteiger partial charge < -0.3 is 5.73 Å². The van der Waals surface area contributed by atoms with Gasteiger partial charge in [-0.25, -0.2) is 4.98 Å². The summed E-state index contributed by atoms with van der Waals surface area (Å²) >= 11 is 1.58. The maximum atomic E-state index is 5.78. The molecule has 1 aromatic heterocycles. The van der Waals surface area contributed by atoms with Crippen molar-refractivity contribution in [1.29, 1.82) is 0 Å². The highest BCUT2D eigenvalue weighted by molar-refractivity contribution is 7.07. The third-order valence-corrected chi connectivity index (χ3v) is 2.26. The lowest BCUT2D eigenvalue weighted by molar-refractivity contribution is 1.41. The smallest absolute Gasteiger partial charge is 0.0831 e. The van der Waals surface area contributed by atoms with Gasteiger partial charge in [0.2, 0.25) is 0 Å². The first-order valence-corrected chi connectivity index (χ1v) is 4.55. The van der Waals surface area contributed by atoms with E-state index in [1.54, 1.807) is 11.3 Å². The van der Waals surface area contributed by atoms with Gasteiger partial charge in [0.25, 0.3) is 0 Å². The summed E-state index contributed by atoms with van der Waals surface area (Å²) in [5.41, 5.74) is 10.3.